The van der Waals surface area contributed by atoms with Gasteiger partial charge in [-0.2, -0.15) is 0 Å². The predicted molar refractivity (Wildman–Crippen MR) is 77.6 cm³/mol. The van der Waals surface area contributed by atoms with Gasteiger partial charge in [0, 0.05) is 13.1 Å². The lowest BCUT2D eigenvalue weighted by atomic mass is 9.86. The second-order valence-electron chi connectivity index (χ2n) is 5.43. The van der Waals surface area contributed by atoms with Crippen molar-refractivity contribution in [3.05, 3.63) is 34.1 Å². The van der Waals surface area contributed by atoms with Crippen molar-refractivity contribution >= 4 is 21.8 Å². The fourth-order valence-corrected chi connectivity index (χ4v) is 3.02. The summed E-state index contributed by atoms with van der Waals surface area (Å²) in [6.45, 7) is 2.24. The van der Waals surface area contributed by atoms with Gasteiger partial charge in [-0.3, -0.25) is 4.79 Å². The second-order valence-corrected chi connectivity index (χ2v) is 6.29. The van der Waals surface area contributed by atoms with Crippen molar-refractivity contribution in [2.24, 2.45) is 5.92 Å². The second kappa shape index (κ2) is 6.04. The van der Waals surface area contributed by atoms with Gasteiger partial charge in [-0.1, -0.05) is 13.0 Å². The van der Waals surface area contributed by atoms with Gasteiger partial charge in [0.1, 0.15) is 5.82 Å². The number of carbonyl (C=O) groups is 1. The number of rotatable bonds is 2. The highest BCUT2D eigenvalue weighted by Crippen LogP contribution is 2.28. The van der Waals surface area contributed by atoms with Gasteiger partial charge in [-0.15, -0.1) is 0 Å². The van der Waals surface area contributed by atoms with Gasteiger partial charge in [0.15, 0.2) is 0 Å². The first kappa shape index (κ1) is 14.5. The molecule has 1 fully saturated rings. The molecule has 0 unspecified atom stereocenters. The van der Waals surface area contributed by atoms with Crippen molar-refractivity contribution < 1.29 is 9.18 Å². The van der Waals surface area contributed by atoms with E-state index in [4.69, 9.17) is 0 Å². The summed E-state index contributed by atoms with van der Waals surface area (Å²) in [5.41, 5.74) is 0.149. The number of benzene rings is 1. The van der Waals surface area contributed by atoms with Crippen LogP contribution >= 0.6 is 15.9 Å². The van der Waals surface area contributed by atoms with Crippen molar-refractivity contribution in [3.8, 4) is 0 Å². The third-order valence-corrected chi connectivity index (χ3v) is 4.65. The molecule has 0 N–H and O–H groups in total. The van der Waals surface area contributed by atoms with Crippen LogP contribution in [0.4, 0.5) is 4.39 Å². The first-order chi connectivity index (χ1) is 9.00. The Bertz CT molecular complexity index is 469. The highest BCUT2D eigenvalue weighted by atomic mass is 79.9. The molecule has 0 aromatic heterocycles. The van der Waals surface area contributed by atoms with Crippen LogP contribution in [-0.2, 0) is 0 Å². The molecule has 0 radical (unpaired) electrons. The first-order valence-corrected chi connectivity index (χ1v) is 7.51. The van der Waals surface area contributed by atoms with E-state index in [1.165, 1.54) is 0 Å². The lowest BCUT2D eigenvalue weighted by Crippen LogP contribution is -2.39. The van der Waals surface area contributed by atoms with Crippen LogP contribution in [0.25, 0.3) is 0 Å². The van der Waals surface area contributed by atoms with E-state index in [0.717, 1.165) is 31.6 Å². The van der Waals surface area contributed by atoms with Crippen LogP contribution in [0.1, 0.15) is 43.0 Å². The van der Waals surface area contributed by atoms with Crippen LogP contribution in [0.3, 0.4) is 0 Å². The Balaban J connectivity index is 2.13. The van der Waals surface area contributed by atoms with Crippen molar-refractivity contribution in [3.63, 3.8) is 0 Å². The number of carbonyl (C=O) groups excluding carboxylic acids is 1. The fourth-order valence-electron chi connectivity index (χ4n) is 2.65. The summed E-state index contributed by atoms with van der Waals surface area (Å²) in [6, 6.07) is 5.08. The minimum atomic E-state index is -0.469. The molecule has 19 heavy (non-hydrogen) atoms. The zero-order valence-electron chi connectivity index (χ0n) is 11.3. The van der Waals surface area contributed by atoms with Gasteiger partial charge in [-0.25, -0.2) is 4.39 Å². The average molecular weight is 328 g/mol. The summed E-state index contributed by atoms with van der Waals surface area (Å²) in [7, 11) is 1.78. The molecule has 0 aliphatic heterocycles. The third kappa shape index (κ3) is 3.16. The number of hydrogen-bond donors (Lipinski definition) is 0. The Morgan fingerprint density at radius 1 is 1.32 bits per heavy atom. The average Bonchev–Trinajstić information content (AvgIpc) is 2.41. The summed E-state index contributed by atoms with van der Waals surface area (Å²) in [5, 5.41) is 0. The standard InChI is InChI=1S/C15H19BrFNO/c1-10-6-8-11(9-7-10)18(2)15(19)12-4-3-5-13(16)14(12)17/h3-5,10-11H,6-9H2,1-2H3. The van der Waals surface area contributed by atoms with E-state index < -0.39 is 5.82 Å². The number of nitrogens with zero attached hydrogens (tertiary/aromatic N) is 1. The van der Waals surface area contributed by atoms with Gasteiger partial charge in [-0.05, 0) is 59.7 Å². The summed E-state index contributed by atoms with van der Waals surface area (Å²) in [5.74, 6) is 0.0456. The van der Waals surface area contributed by atoms with Gasteiger partial charge in [0.2, 0.25) is 0 Å². The topological polar surface area (TPSA) is 20.3 Å². The highest BCUT2D eigenvalue weighted by Gasteiger charge is 2.27. The Hall–Kier alpha value is -0.900. The van der Waals surface area contributed by atoms with E-state index in [2.05, 4.69) is 22.9 Å². The van der Waals surface area contributed by atoms with E-state index in [1.807, 2.05) is 0 Å². The largest absolute Gasteiger partial charge is 0.339 e. The SMILES string of the molecule is CC1CCC(N(C)C(=O)c2cccc(Br)c2F)CC1. The van der Waals surface area contributed by atoms with Crippen LogP contribution in [-0.4, -0.2) is 23.9 Å². The van der Waals surface area contributed by atoms with E-state index in [-0.39, 0.29) is 17.5 Å². The molecule has 2 rings (SSSR count). The Labute approximate surface area is 122 Å². The Morgan fingerprint density at radius 3 is 2.58 bits per heavy atom. The lowest BCUT2D eigenvalue weighted by molar-refractivity contribution is 0.0674. The molecule has 2 nitrogen and oxygen atoms in total. The summed E-state index contributed by atoms with van der Waals surface area (Å²) < 4.78 is 14.3. The smallest absolute Gasteiger partial charge is 0.256 e. The minimum Gasteiger partial charge on any atom is -0.339 e. The van der Waals surface area contributed by atoms with Crippen LogP contribution in [0.5, 0.6) is 0 Å². The molecule has 104 valence electrons. The summed E-state index contributed by atoms with van der Waals surface area (Å²) >= 11 is 3.12. The first-order valence-electron chi connectivity index (χ1n) is 6.72. The van der Waals surface area contributed by atoms with Crippen molar-refractivity contribution in [2.45, 2.75) is 38.6 Å². The molecule has 0 saturated heterocycles. The maximum absolute atomic E-state index is 13.9. The Kier molecular flexibility index (Phi) is 4.61. The van der Waals surface area contributed by atoms with Crippen LogP contribution < -0.4 is 0 Å². The third-order valence-electron chi connectivity index (χ3n) is 4.04. The molecule has 1 aliphatic rings. The fraction of sp³-hybridized carbons (Fsp3) is 0.533. The molecule has 1 aromatic rings. The van der Waals surface area contributed by atoms with Crippen LogP contribution in [0.15, 0.2) is 22.7 Å². The molecule has 1 aliphatic carbocycles. The molecule has 1 saturated carbocycles. The van der Waals surface area contributed by atoms with Gasteiger partial charge in [0.25, 0.3) is 5.91 Å². The molecule has 0 spiro atoms. The molecule has 4 heteroatoms. The van der Waals surface area contributed by atoms with Gasteiger partial charge >= 0.3 is 0 Å². The summed E-state index contributed by atoms with van der Waals surface area (Å²) in [4.78, 5) is 14.1. The molecule has 1 aromatic carbocycles. The zero-order valence-corrected chi connectivity index (χ0v) is 12.9. The number of halogens is 2. The minimum absolute atomic E-state index is 0.149. The van der Waals surface area contributed by atoms with Gasteiger partial charge < -0.3 is 4.90 Å². The van der Waals surface area contributed by atoms with Crippen molar-refractivity contribution in [1.29, 1.82) is 0 Å². The molecule has 0 atom stereocenters. The van der Waals surface area contributed by atoms with E-state index in [9.17, 15) is 9.18 Å². The number of amides is 1. The molecular weight excluding hydrogens is 309 g/mol. The van der Waals surface area contributed by atoms with Crippen LogP contribution in [0.2, 0.25) is 0 Å². The highest BCUT2D eigenvalue weighted by molar-refractivity contribution is 9.10. The summed E-state index contributed by atoms with van der Waals surface area (Å²) in [6.07, 6.45) is 4.31. The van der Waals surface area contributed by atoms with Crippen molar-refractivity contribution in [2.75, 3.05) is 7.05 Å². The quantitative estimate of drug-likeness (QED) is 0.795. The maximum atomic E-state index is 13.9. The van der Waals surface area contributed by atoms with Crippen LogP contribution in [0, 0.1) is 11.7 Å². The number of hydrogen-bond acceptors (Lipinski definition) is 1. The zero-order chi connectivity index (χ0) is 14.0. The molecule has 0 heterocycles. The lowest BCUT2D eigenvalue weighted by Gasteiger charge is -2.33. The molecular formula is C15H19BrFNO. The Morgan fingerprint density at radius 2 is 1.95 bits per heavy atom. The van der Waals surface area contributed by atoms with E-state index >= 15 is 0 Å². The van der Waals surface area contributed by atoms with Crippen molar-refractivity contribution in [1.82, 2.24) is 4.90 Å². The monoisotopic (exact) mass is 327 g/mol. The van der Waals surface area contributed by atoms with E-state index in [0.29, 0.717) is 4.47 Å². The normalized spacial score (nSPS) is 23.2. The maximum Gasteiger partial charge on any atom is 0.256 e. The molecule has 0 bridgehead atoms. The predicted octanol–water partition coefficient (Wildman–Crippen LogP) is 4.24. The molecule has 1 amide bonds. The van der Waals surface area contributed by atoms with E-state index in [1.54, 1.807) is 30.1 Å². The van der Waals surface area contributed by atoms with Gasteiger partial charge in [0.05, 0.1) is 10.0 Å².